The fourth-order valence-electron chi connectivity index (χ4n) is 1.61. The first-order valence-corrected chi connectivity index (χ1v) is 5.99. The molecule has 0 aliphatic rings. The molecule has 0 fully saturated rings. The second kappa shape index (κ2) is 6.85. The van der Waals surface area contributed by atoms with Gasteiger partial charge in [0.2, 0.25) is 0 Å². The van der Waals surface area contributed by atoms with E-state index >= 15 is 0 Å². The maximum Gasteiger partial charge on any atom is 0.156 e. The highest BCUT2D eigenvalue weighted by Crippen LogP contribution is 2.10. The first-order chi connectivity index (χ1) is 8.08. The molecule has 0 N–H and O–H groups in total. The van der Waals surface area contributed by atoms with Crippen LogP contribution in [0.4, 0.5) is 0 Å². The Bertz CT molecular complexity index is 408. The van der Waals surface area contributed by atoms with Crippen molar-refractivity contribution in [3.63, 3.8) is 0 Å². The van der Waals surface area contributed by atoms with Crippen LogP contribution in [-0.4, -0.2) is 5.78 Å². The van der Waals surface area contributed by atoms with Gasteiger partial charge in [0.25, 0.3) is 0 Å². The summed E-state index contributed by atoms with van der Waals surface area (Å²) in [6, 6.07) is 10.1. The SMILES string of the molecule is CC(C)=CC(=O)CC(C)/C=C/c1ccccc1. The Morgan fingerprint density at radius 2 is 1.88 bits per heavy atom. The highest BCUT2D eigenvalue weighted by atomic mass is 16.1. The van der Waals surface area contributed by atoms with Crippen molar-refractivity contribution in [2.24, 2.45) is 5.92 Å². The van der Waals surface area contributed by atoms with Gasteiger partial charge in [0.05, 0.1) is 0 Å². The van der Waals surface area contributed by atoms with Crippen molar-refractivity contribution >= 4 is 11.9 Å². The summed E-state index contributed by atoms with van der Waals surface area (Å²) >= 11 is 0. The summed E-state index contributed by atoms with van der Waals surface area (Å²) in [5.41, 5.74) is 2.24. The summed E-state index contributed by atoms with van der Waals surface area (Å²) in [5, 5.41) is 0. The van der Waals surface area contributed by atoms with Crippen molar-refractivity contribution < 1.29 is 4.79 Å². The van der Waals surface area contributed by atoms with E-state index in [1.54, 1.807) is 6.08 Å². The third-order valence-corrected chi connectivity index (χ3v) is 2.39. The van der Waals surface area contributed by atoms with Gasteiger partial charge in [0.1, 0.15) is 0 Å². The van der Waals surface area contributed by atoms with Crippen molar-refractivity contribution in [3.8, 4) is 0 Å². The molecule has 0 heterocycles. The van der Waals surface area contributed by atoms with Crippen LogP contribution in [0.5, 0.6) is 0 Å². The normalized spacial score (nSPS) is 12.4. The molecule has 1 aromatic rings. The van der Waals surface area contributed by atoms with Crippen LogP contribution >= 0.6 is 0 Å². The predicted molar refractivity (Wildman–Crippen MR) is 73.7 cm³/mol. The summed E-state index contributed by atoms with van der Waals surface area (Å²) in [5.74, 6) is 0.480. The molecule has 1 unspecified atom stereocenters. The molecular weight excluding hydrogens is 208 g/mol. The standard InChI is InChI=1S/C16H20O/c1-13(2)11-16(17)12-14(3)9-10-15-7-5-4-6-8-15/h4-11,14H,12H2,1-3H3/b10-9+. The molecule has 0 amide bonds. The van der Waals surface area contributed by atoms with Crippen LogP contribution in [0.1, 0.15) is 32.8 Å². The van der Waals surface area contributed by atoms with Crippen LogP contribution in [0.2, 0.25) is 0 Å². The first kappa shape index (κ1) is 13.4. The van der Waals surface area contributed by atoms with E-state index in [0.29, 0.717) is 6.42 Å². The van der Waals surface area contributed by atoms with E-state index in [1.165, 1.54) is 5.56 Å². The molecule has 90 valence electrons. The Morgan fingerprint density at radius 3 is 2.47 bits per heavy atom. The topological polar surface area (TPSA) is 17.1 Å². The van der Waals surface area contributed by atoms with Gasteiger partial charge in [0.15, 0.2) is 5.78 Å². The minimum atomic E-state index is 0.204. The Hall–Kier alpha value is -1.63. The zero-order chi connectivity index (χ0) is 12.7. The molecule has 0 bridgehead atoms. The van der Waals surface area contributed by atoms with Crippen LogP contribution in [-0.2, 0) is 4.79 Å². The molecule has 1 rings (SSSR count). The minimum Gasteiger partial charge on any atom is -0.295 e. The average molecular weight is 228 g/mol. The van der Waals surface area contributed by atoms with Gasteiger partial charge in [-0.25, -0.2) is 0 Å². The van der Waals surface area contributed by atoms with Crippen molar-refractivity contribution in [1.82, 2.24) is 0 Å². The number of rotatable bonds is 5. The monoisotopic (exact) mass is 228 g/mol. The molecule has 0 aliphatic heterocycles. The minimum absolute atomic E-state index is 0.204. The third kappa shape index (κ3) is 5.86. The molecule has 1 aromatic carbocycles. The quantitative estimate of drug-likeness (QED) is 0.688. The molecular formula is C16H20O. The summed E-state index contributed by atoms with van der Waals surface area (Å²) < 4.78 is 0. The molecule has 0 spiro atoms. The maximum absolute atomic E-state index is 11.6. The van der Waals surface area contributed by atoms with Gasteiger partial charge in [0, 0.05) is 6.42 Å². The van der Waals surface area contributed by atoms with E-state index in [-0.39, 0.29) is 11.7 Å². The predicted octanol–water partition coefficient (Wildman–Crippen LogP) is 4.26. The van der Waals surface area contributed by atoms with Gasteiger partial charge < -0.3 is 0 Å². The van der Waals surface area contributed by atoms with E-state index in [9.17, 15) is 4.79 Å². The van der Waals surface area contributed by atoms with E-state index in [0.717, 1.165) is 5.57 Å². The van der Waals surface area contributed by atoms with Crippen molar-refractivity contribution in [3.05, 3.63) is 53.6 Å². The molecule has 0 saturated carbocycles. The van der Waals surface area contributed by atoms with E-state index in [1.807, 2.05) is 32.0 Å². The number of allylic oxidation sites excluding steroid dienone is 3. The lowest BCUT2D eigenvalue weighted by Gasteiger charge is -2.03. The van der Waals surface area contributed by atoms with E-state index in [2.05, 4.69) is 31.2 Å². The molecule has 0 aliphatic carbocycles. The highest BCUT2D eigenvalue weighted by molar-refractivity contribution is 5.90. The number of hydrogen-bond donors (Lipinski definition) is 0. The number of carbonyl (C=O) groups is 1. The Balaban J connectivity index is 2.50. The zero-order valence-electron chi connectivity index (χ0n) is 10.8. The largest absolute Gasteiger partial charge is 0.295 e. The van der Waals surface area contributed by atoms with Gasteiger partial charge in [-0.2, -0.15) is 0 Å². The second-order valence-corrected chi connectivity index (χ2v) is 4.64. The Kier molecular flexibility index (Phi) is 5.41. The van der Waals surface area contributed by atoms with Gasteiger partial charge in [-0.05, 0) is 31.4 Å². The number of benzene rings is 1. The molecule has 0 radical (unpaired) electrons. The van der Waals surface area contributed by atoms with Crippen molar-refractivity contribution in [1.29, 1.82) is 0 Å². The van der Waals surface area contributed by atoms with Gasteiger partial charge >= 0.3 is 0 Å². The van der Waals surface area contributed by atoms with Crippen LogP contribution in [0.25, 0.3) is 6.08 Å². The lowest BCUT2D eigenvalue weighted by molar-refractivity contribution is -0.115. The molecule has 0 saturated heterocycles. The number of hydrogen-bond acceptors (Lipinski definition) is 1. The second-order valence-electron chi connectivity index (χ2n) is 4.64. The van der Waals surface area contributed by atoms with E-state index in [4.69, 9.17) is 0 Å². The Morgan fingerprint density at radius 1 is 1.24 bits per heavy atom. The number of ketones is 1. The summed E-state index contributed by atoms with van der Waals surface area (Å²) in [7, 11) is 0. The maximum atomic E-state index is 11.6. The fourth-order valence-corrected chi connectivity index (χ4v) is 1.61. The van der Waals surface area contributed by atoms with Gasteiger partial charge in [-0.15, -0.1) is 0 Å². The van der Waals surface area contributed by atoms with Crippen LogP contribution < -0.4 is 0 Å². The zero-order valence-corrected chi connectivity index (χ0v) is 10.8. The van der Waals surface area contributed by atoms with Crippen LogP contribution in [0.15, 0.2) is 48.1 Å². The molecule has 1 heteroatoms. The summed E-state index contributed by atoms with van der Waals surface area (Å²) in [6.07, 6.45) is 6.45. The Labute approximate surface area is 104 Å². The molecule has 17 heavy (non-hydrogen) atoms. The smallest absolute Gasteiger partial charge is 0.156 e. The van der Waals surface area contributed by atoms with Crippen LogP contribution in [0.3, 0.4) is 0 Å². The lowest BCUT2D eigenvalue weighted by atomic mass is 10.0. The number of carbonyl (C=O) groups excluding carboxylic acids is 1. The van der Waals surface area contributed by atoms with Crippen LogP contribution in [0, 0.1) is 5.92 Å². The molecule has 1 atom stereocenters. The van der Waals surface area contributed by atoms with Gasteiger partial charge in [-0.1, -0.05) is 55.0 Å². The highest BCUT2D eigenvalue weighted by Gasteiger charge is 2.03. The van der Waals surface area contributed by atoms with E-state index < -0.39 is 0 Å². The first-order valence-electron chi connectivity index (χ1n) is 5.99. The average Bonchev–Trinajstić information content (AvgIpc) is 2.26. The summed E-state index contributed by atoms with van der Waals surface area (Å²) in [6.45, 7) is 5.96. The fraction of sp³-hybridized carbons (Fsp3) is 0.312. The van der Waals surface area contributed by atoms with Crippen molar-refractivity contribution in [2.45, 2.75) is 27.2 Å². The summed E-state index contributed by atoms with van der Waals surface area (Å²) in [4.78, 5) is 11.6. The lowest BCUT2D eigenvalue weighted by Crippen LogP contribution is -2.00. The third-order valence-electron chi connectivity index (χ3n) is 2.39. The van der Waals surface area contributed by atoms with Gasteiger partial charge in [-0.3, -0.25) is 4.79 Å². The molecule has 0 aromatic heterocycles. The molecule has 1 nitrogen and oxygen atoms in total. The van der Waals surface area contributed by atoms with Crippen molar-refractivity contribution in [2.75, 3.05) is 0 Å².